The second-order valence-corrected chi connectivity index (χ2v) is 6.98. The molecule has 1 aliphatic heterocycles. The molecule has 0 amide bonds. The van der Waals surface area contributed by atoms with E-state index in [-0.39, 0.29) is 5.57 Å². The van der Waals surface area contributed by atoms with Gasteiger partial charge in [-0.1, -0.05) is 23.9 Å². The van der Waals surface area contributed by atoms with Crippen LogP contribution in [0.25, 0.3) is 0 Å². The van der Waals surface area contributed by atoms with Gasteiger partial charge in [0.15, 0.2) is 5.57 Å². The molecule has 1 aromatic carbocycles. The number of anilines is 1. The minimum absolute atomic E-state index is 0.232. The number of hydrogen-bond donors (Lipinski definition) is 1. The average Bonchev–Trinajstić information content (AvgIpc) is 2.62. The minimum atomic E-state index is -1.29. The monoisotopic (exact) mass is 381 g/mol. The van der Waals surface area contributed by atoms with Crippen molar-refractivity contribution in [2.24, 2.45) is 0 Å². The number of para-hydroxylation sites is 1. The number of esters is 2. The Hall–Kier alpha value is -3.31. The van der Waals surface area contributed by atoms with Crippen LogP contribution in [0.15, 0.2) is 64.3 Å². The van der Waals surface area contributed by atoms with Crippen molar-refractivity contribution in [3.63, 3.8) is 0 Å². The number of hydrogen-bond acceptors (Lipinski definition) is 8. The number of carbonyl (C=O) groups excluding carboxylic acids is 2. The minimum Gasteiger partial charge on any atom is -0.419 e. The molecular weight excluding hydrogens is 366 g/mol. The quantitative estimate of drug-likeness (QED) is 0.489. The normalized spacial score (nSPS) is 15.4. The molecule has 0 spiro atoms. The van der Waals surface area contributed by atoms with Gasteiger partial charge in [0.05, 0.1) is 11.3 Å². The van der Waals surface area contributed by atoms with Gasteiger partial charge in [0.2, 0.25) is 0 Å². The topological polar surface area (TPSA) is 101 Å². The number of carbonyl (C=O) groups is 2. The Morgan fingerprint density at radius 1 is 1.15 bits per heavy atom. The molecule has 136 valence electrons. The van der Waals surface area contributed by atoms with Gasteiger partial charge in [-0.15, -0.1) is 0 Å². The summed E-state index contributed by atoms with van der Waals surface area (Å²) in [7, 11) is 0. The zero-order chi connectivity index (χ0) is 19.4. The molecule has 2 aromatic rings. The highest BCUT2D eigenvalue weighted by Crippen LogP contribution is 2.34. The van der Waals surface area contributed by atoms with Crippen molar-refractivity contribution in [1.29, 1.82) is 5.26 Å². The third-order valence-electron chi connectivity index (χ3n) is 3.47. The lowest BCUT2D eigenvalue weighted by Gasteiger charge is -2.29. The van der Waals surface area contributed by atoms with E-state index in [0.717, 1.165) is 4.90 Å². The molecule has 1 fully saturated rings. The highest BCUT2D eigenvalue weighted by molar-refractivity contribution is 7.99. The molecule has 1 saturated heterocycles. The lowest BCUT2D eigenvalue weighted by molar-refractivity contribution is -0.222. The maximum absolute atomic E-state index is 12.0. The fraction of sp³-hybridized carbons (Fsp3) is 0.158. The Labute approximate surface area is 160 Å². The summed E-state index contributed by atoms with van der Waals surface area (Å²) in [6.45, 7) is 2.97. The molecular formula is C19H15N3O4S. The summed E-state index contributed by atoms with van der Waals surface area (Å²) >= 11 is 1.30. The second kappa shape index (κ2) is 7.51. The van der Waals surface area contributed by atoms with Crippen LogP contribution < -0.4 is 5.32 Å². The number of benzene rings is 1. The third-order valence-corrected chi connectivity index (χ3v) is 4.57. The highest BCUT2D eigenvalue weighted by atomic mass is 32.2. The Balaban J connectivity index is 1.84. The molecule has 1 N–H and O–H groups in total. The number of cyclic esters (lactones) is 2. The summed E-state index contributed by atoms with van der Waals surface area (Å²) in [4.78, 5) is 29.0. The van der Waals surface area contributed by atoms with Crippen LogP contribution in [-0.2, 0) is 19.1 Å². The molecule has 3 rings (SSSR count). The molecule has 7 nitrogen and oxygen atoms in total. The van der Waals surface area contributed by atoms with Crippen molar-refractivity contribution in [3.05, 3.63) is 59.9 Å². The smallest absolute Gasteiger partial charge is 0.350 e. The van der Waals surface area contributed by atoms with Crippen molar-refractivity contribution in [2.45, 2.75) is 29.6 Å². The third kappa shape index (κ3) is 4.27. The van der Waals surface area contributed by atoms with E-state index in [1.165, 1.54) is 31.8 Å². The lowest BCUT2D eigenvalue weighted by Crippen LogP contribution is -2.42. The fourth-order valence-electron chi connectivity index (χ4n) is 2.26. The number of aromatic nitrogens is 1. The maximum Gasteiger partial charge on any atom is 0.350 e. The highest BCUT2D eigenvalue weighted by Gasteiger charge is 2.38. The van der Waals surface area contributed by atoms with E-state index in [1.54, 1.807) is 30.5 Å². The number of pyridine rings is 1. The molecule has 0 bridgehead atoms. The van der Waals surface area contributed by atoms with Crippen LogP contribution in [0.1, 0.15) is 19.4 Å². The van der Waals surface area contributed by atoms with Crippen LogP contribution in [0.2, 0.25) is 0 Å². The summed E-state index contributed by atoms with van der Waals surface area (Å²) in [5.41, 5.74) is 0.858. The number of nitrogens with one attached hydrogen (secondary N) is 1. The predicted octanol–water partition coefficient (Wildman–Crippen LogP) is 3.24. The van der Waals surface area contributed by atoms with Crippen molar-refractivity contribution in [1.82, 2.24) is 4.98 Å². The van der Waals surface area contributed by atoms with Crippen LogP contribution in [0.3, 0.4) is 0 Å². The number of nitrogens with zero attached hydrogens (tertiary/aromatic N) is 2. The largest absolute Gasteiger partial charge is 0.419 e. The first-order chi connectivity index (χ1) is 12.9. The molecule has 2 heterocycles. The molecule has 0 atom stereocenters. The summed E-state index contributed by atoms with van der Waals surface area (Å²) < 4.78 is 10.1. The Morgan fingerprint density at radius 3 is 2.56 bits per heavy atom. The van der Waals surface area contributed by atoms with E-state index >= 15 is 0 Å². The zero-order valence-electron chi connectivity index (χ0n) is 14.6. The SMILES string of the molecule is CC1(C)OC(=O)C(=CNc2ccccc2Sc2ncccc2C#N)C(=O)O1. The van der Waals surface area contributed by atoms with Gasteiger partial charge in [-0.25, -0.2) is 14.6 Å². The summed E-state index contributed by atoms with van der Waals surface area (Å²) in [6, 6.07) is 12.7. The molecule has 1 aromatic heterocycles. The fourth-order valence-corrected chi connectivity index (χ4v) is 3.19. The van der Waals surface area contributed by atoms with Gasteiger partial charge in [0, 0.05) is 31.1 Å². The van der Waals surface area contributed by atoms with E-state index in [2.05, 4.69) is 16.4 Å². The number of ether oxygens (including phenoxy) is 2. The van der Waals surface area contributed by atoms with Crippen LogP contribution in [0.5, 0.6) is 0 Å². The van der Waals surface area contributed by atoms with E-state index in [0.29, 0.717) is 16.3 Å². The van der Waals surface area contributed by atoms with Crippen molar-refractivity contribution >= 4 is 29.4 Å². The molecule has 0 saturated carbocycles. The Morgan fingerprint density at radius 2 is 1.85 bits per heavy atom. The van der Waals surface area contributed by atoms with Crippen LogP contribution in [0.4, 0.5) is 5.69 Å². The van der Waals surface area contributed by atoms with Crippen LogP contribution in [-0.4, -0.2) is 22.7 Å². The molecule has 0 aliphatic carbocycles. The summed E-state index contributed by atoms with van der Waals surface area (Å²) in [5.74, 6) is -2.80. The van der Waals surface area contributed by atoms with Gasteiger partial charge < -0.3 is 14.8 Å². The van der Waals surface area contributed by atoms with Gasteiger partial charge >= 0.3 is 11.9 Å². The Bertz CT molecular complexity index is 957. The second-order valence-electron chi connectivity index (χ2n) is 5.95. The van der Waals surface area contributed by atoms with E-state index in [9.17, 15) is 14.9 Å². The van der Waals surface area contributed by atoms with Gasteiger partial charge in [0.1, 0.15) is 11.1 Å². The van der Waals surface area contributed by atoms with E-state index in [1.807, 2.05) is 12.1 Å². The van der Waals surface area contributed by atoms with Gasteiger partial charge in [-0.2, -0.15) is 5.26 Å². The number of rotatable bonds is 4. The molecule has 1 aliphatic rings. The molecule has 0 unspecified atom stereocenters. The first-order valence-electron chi connectivity index (χ1n) is 7.95. The predicted molar refractivity (Wildman–Crippen MR) is 97.5 cm³/mol. The van der Waals surface area contributed by atoms with Crippen molar-refractivity contribution in [3.8, 4) is 6.07 Å². The Kier molecular flexibility index (Phi) is 5.14. The summed E-state index contributed by atoms with van der Waals surface area (Å²) in [5, 5.41) is 12.7. The first-order valence-corrected chi connectivity index (χ1v) is 8.76. The molecule has 8 heteroatoms. The van der Waals surface area contributed by atoms with Crippen molar-refractivity contribution in [2.75, 3.05) is 5.32 Å². The van der Waals surface area contributed by atoms with Gasteiger partial charge in [-0.3, -0.25) is 0 Å². The summed E-state index contributed by atoms with van der Waals surface area (Å²) in [6.07, 6.45) is 2.86. The van der Waals surface area contributed by atoms with Crippen molar-refractivity contribution < 1.29 is 19.1 Å². The lowest BCUT2D eigenvalue weighted by atomic mass is 10.2. The average molecular weight is 381 g/mol. The van der Waals surface area contributed by atoms with Crippen LogP contribution in [0, 0.1) is 11.3 Å². The van der Waals surface area contributed by atoms with E-state index < -0.39 is 17.7 Å². The standard InChI is InChI=1S/C19H15N3O4S/c1-19(2)25-17(23)13(18(24)26-19)11-22-14-7-3-4-8-15(14)27-16-12(10-20)6-5-9-21-16/h3-9,11,22H,1-2H3. The van der Waals surface area contributed by atoms with E-state index in [4.69, 9.17) is 9.47 Å². The van der Waals surface area contributed by atoms with Gasteiger partial charge in [0.25, 0.3) is 5.79 Å². The van der Waals surface area contributed by atoms with Crippen LogP contribution >= 0.6 is 11.8 Å². The number of nitriles is 1. The first kappa shape index (κ1) is 18.5. The molecule has 27 heavy (non-hydrogen) atoms. The maximum atomic E-state index is 12.0. The zero-order valence-corrected chi connectivity index (χ0v) is 15.4. The van der Waals surface area contributed by atoms with Gasteiger partial charge in [-0.05, 0) is 24.3 Å². The molecule has 0 radical (unpaired) electrons.